The third-order valence-electron chi connectivity index (χ3n) is 4.24. The van der Waals surface area contributed by atoms with Gasteiger partial charge >= 0.3 is 0 Å². The summed E-state index contributed by atoms with van der Waals surface area (Å²) >= 11 is 0. The number of nitrogens with one attached hydrogen (secondary N) is 1. The molecule has 0 heterocycles. The number of sulfonamides is 1. The van der Waals surface area contributed by atoms with Crippen molar-refractivity contribution >= 4 is 15.9 Å². The first-order valence-corrected chi connectivity index (χ1v) is 10.4. The fourth-order valence-corrected chi connectivity index (χ4v) is 4.17. The number of carbonyl (C=O) groups is 1. The number of carbonyl (C=O) groups excluding carboxylic acids is 1. The van der Waals surface area contributed by atoms with Crippen LogP contribution >= 0.6 is 0 Å². The van der Waals surface area contributed by atoms with Gasteiger partial charge in [-0.3, -0.25) is 4.79 Å². The molecule has 0 saturated heterocycles. The second-order valence-corrected chi connectivity index (χ2v) is 8.27. The third-order valence-corrected chi connectivity index (χ3v) is 6.04. The predicted octanol–water partition coefficient (Wildman–Crippen LogP) is 3.19. The molecule has 0 saturated carbocycles. The molecule has 0 unspecified atom stereocenters. The molecule has 3 rings (SSSR count). The lowest BCUT2D eigenvalue weighted by molar-refractivity contribution is -0.121. The van der Waals surface area contributed by atoms with E-state index in [1.54, 1.807) is 18.2 Å². The van der Waals surface area contributed by atoms with E-state index in [2.05, 4.69) is 5.32 Å². The minimum atomic E-state index is -3.80. The summed E-state index contributed by atoms with van der Waals surface area (Å²) in [6, 6.07) is 26.9. The van der Waals surface area contributed by atoms with Gasteiger partial charge in [0.15, 0.2) is 0 Å². The predicted molar refractivity (Wildman–Crippen MR) is 109 cm³/mol. The highest BCUT2D eigenvalue weighted by molar-refractivity contribution is 7.89. The minimum Gasteiger partial charge on any atom is -0.351 e. The zero-order valence-corrected chi connectivity index (χ0v) is 16.2. The Morgan fingerprint density at radius 1 is 0.750 bits per heavy atom. The van der Waals surface area contributed by atoms with Gasteiger partial charge < -0.3 is 5.32 Å². The van der Waals surface area contributed by atoms with E-state index < -0.39 is 10.0 Å². The van der Waals surface area contributed by atoms with Crippen molar-refractivity contribution in [3.63, 3.8) is 0 Å². The van der Waals surface area contributed by atoms with Crippen LogP contribution in [0.5, 0.6) is 0 Å². The first-order valence-electron chi connectivity index (χ1n) is 8.95. The average molecular weight is 394 g/mol. The zero-order valence-electron chi connectivity index (χ0n) is 15.4. The fourth-order valence-electron chi connectivity index (χ4n) is 2.77. The van der Waals surface area contributed by atoms with E-state index >= 15 is 0 Å². The number of benzene rings is 3. The molecular formula is C22H22N2O3S. The monoisotopic (exact) mass is 394 g/mol. The van der Waals surface area contributed by atoms with Crippen molar-refractivity contribution in [2.45, 2.75) is 18.0 Å². The number of nitrogens with zero attached hydrogens (tertiary/aromatic N) is 1. The first kappa shape index (κ1) is 19.8. The van der Waals surface area contributed by atoms with E-state index in [4.69, 9.17) is 0 Å². The maximum absolute atomic E-state index is 13.1. The van der Waals surface area contributed by atoms with Crippen LogP contribution in [0.4, 0.5) is 0 Å². The second-order valence-electron chi connectivity index (χ2n) is 6.33. The molecule has 0 bridgehead atoms. The molecule has 5 nitrogen and oxygen atoms in total. The highest BCUT2D eigenvalue weighted by Crippen LogP contribution is 2.18. The van der Waals surface area contributed by atoms with Gasteiger partial charge in [0, 0.05) is 13.1 Å². The van der Waals surface area contributed by atoms with Gasteiger partial charge in [-0.2, -0.15) is 4.31 Å². The summed E-state index contributed by atoms with van der Waals surface area (Å²) in [4.78, 5) is 12.6. The molecule has 0 spiro atoms. The summed E-state index contributed by atoms with van der Waals surface area (Å²) in [5.74, 6) is -0.348. The standard InChI is InChI=1S/C22H22N2O3S/c25-22(23-16-19-10-4-1-5-11-19)18-24(17-20-12-6-2-7-13-20)28(26,27)21-14-8-3-9-15-21/h1-15H,16-18H2,(H,23,25). The lowest BCUT2D eigenvalue weighted by Gasteiger charge is -2.22. The zero-order chi connectivity index (χ0) is 19.8. The maximum atomic E-state index is 13.1. The topological polar surface area (TPSA) is 66.5 Å². The van der Waals surface area contributed by atoms with Crippen LogP contribution in [0.2, 0.25) is 0 Å². The van der Waals surface area contributed by atoms with Gasteiger partial charge in [-0.05, 0) is 23.3 Å². The molecule has 6 heteroatoms. The van der Waals surface area contributed by atoms with Crippen molar-refractivity contribution in [3.8, 4) is 0 Å². The van der Waals surface area contributed by atoms with Crippen molar-refractivity contribution in [1.82, 2.24) is 9.62 Å². The molecule has 3 aromatic rings. The summed E-state index contributed by atoms with van der Waals surface area (Å²) in [6.45, 7) is 0.222. The minimum absolute atomic E-state index is 0.122. The summed E-state index contributed by atoms with van der Waals surface area (Å²) in [5.41, 5.74) is 1.77. The third kappa shape index (κ3) is 5.28. The molecule has 0 aromatic heterocycles. The van der Waals surface area contributed by atoms with Crippen LogP contribution < -0.4 is 5.32 Å². The van der Waals surface area contributed by atoms with Gasteiger partial charge in [0.05, 0.1) is 11.4 Å². The molecule has 0 aliphatic rings. The van der Waals surface area contributed by atoms with Gasteiger partial charge in [-0.1, -0.05) is 78.9 Å². The Kier molecular flexibility index (Phi) is 6.57. The Balaban J connectivity index is 1.77. The Hall–Kier alpha value is -2.96. The molecule has 1 amide bonds. The van der Waals surface area contributed by atoms with Crippen LogP contribution in [0.25, 0.3) is 0 Å². The fraction of sp³-hybridized carbons (Fsp3) is 0.136. The number of hydrogen-bond donors (Lipinski definition) is 1. The Morgan fingerprint density at radius 2 is 1.25 bits per heavy atom. The summed E-state index contributed by atoms with van der Waals surface area (Å²) in [7, 11) is -3.80. The quantitative estimate of drug-likeness (QED) is 0.638. The Bertz CT molecular complexity index is 992. The molecule has 0 radical (unpaired) electrons. The van der Waals surface area contributed by atoms with Gasteiger partial charge in [0.1, 0.15) is 0 Å². The van der Waals surface area contributed by atoms with Crippen LogP contribution in [-0.4, -0.2) is 25.2 Å². The number of hydrogen-bond acceptors (Lipinski definition) is 3. The molecule has 0 aliphatic heterocycles. The molecule has 0 aliphatic carbocycles. The summed E-state index contributed by atoms with van der Waals surface area (Å²) < 4.78 is 27.4. The Labute approximate surface area is 165 Å². The number of amides is 1. The van der Waals surface area contributed by atoms with Gasteiger partial charge in [-0.15, -0.1) is 0 Å². The van der Waals surface area contributed by atoms with E-state index in [-0.39, 0.29) is 23.9 Å². The van der Waals surface area contributed by atoms with E-state index in [1.165, 1.54) is 16.4 Å². The van der Waals surface area contributed by atoms with Crippen LogP contribution in [0.3, 0.4) is 0 Å². The van der Waals surface area contributed by atoms with E-state index in [0.717, 1.165) is 11.1 Å². The molecule has 3 aromatic carbocycles. The second kappa shape index (κ2) is 9.30. The molecule has 144 valence electrons. The Morgan fingerprint density at radius 3 is 1.82 bits per heavy atom. The van der Waals surface area contributed by atoms with E-state index in [1.807, 2.05) is 60.7 Å². The van der Waals surface area contributed by atoms with Crippen molar-refractivity contribution in [2.24, 2.45) is 0 Å². The summed E-state index contributed by atoms with van der Waals surface area (Å²) in [5, 5.41) is 2.79. The van der Waals surface area contributed by atoms with Crippen LogP contribution in [0.15, 0.2) is 95.9 Å². The SMILES string of the molecule is O=C(CN(Cc1ccccc1)S(=O)(=O)c1ccccc1)NCc1ccccc1. The van der Waals surface area contributed by atoms with E-state index in [9.17, 15) is 13.2 Å². The van der Waals surface area contributed by atoms with Crippen molar-refractivity contribution in [1.29, 1.82) is 0 Å². The van der Waals surface area contributed by atoms with Crippen molar-refractivity contribution < 1.29 is 13.2 Å². The lowest BCUT2D eigenvalue weighted by Crippen LogP contribution is -2.40. The van der Waals surface area contributed by atoms with Crippen molar-refractivity contribution in [3.05, 3.63) is 102 Å². The smallest absolute Gasteiger partial charge is 0.243 e. The van der Waals surface area contributed by atoms with Crippen LogP contribution in [0.1, 0.15) is 11.1 Å². The number of rotatable bonds is 8. The van der Waals surface area contributed by atoms with Crippen molar-refractivity contribution in [2.75, 3.05) is 6.54 Å². The molecule has 0 atom stereocenters. The van der Waals surface area contributed by atoms with Gasteiger partial charge in [0.2, 0.25) is 15.9 Å². The van der Waals surface area contributed by atoms with E-state index in [0.29, 0.717) is 6.54 Å². The van der Waals surface area contributed by atoms with Crippen LogP contribution in [0, 0.1) is 0 Å². The molecule has 1 N–H and O–H groups in total. The molecular weight excluding hydrogens is 372 g/mol. The van der Waals surface area contributed by atoms with Gasteiger partial charge in [-0.25, -0.2) is 8.42 Å². The van der Waals surface area contributed by atoms with Gasteiger partial charge in [0.25, 0.3) is 0 Å². The summed E-state index contributed by atoms with van der Waals surface area (Å²) in [6.07, 6.45) is 0. The first-order chi connectivity index (χ1) is 13.6. The average Bonchev–Trinajstić information content (AvgIpc) is 2.74. The largest absolute Gasteiger partial charge is 0.351 e. The lowest BCUT2D eigenvalue weighted by atomic mass is 10.2. The highest BCUT2D eigenvalue weighted by atomic mass is 32.2. The highest BCUT2D eigenvalue weighted by Gasteiger charge is 2.26. The van der Waals surface area contributed by atoms with Crippen LogP contribution in [-0.2, 0) is 27.9 Å². The molecule has 0 fully saturated rings. The maximum Gasteiger partial charge on any atom is 0.243 e. The normalized spacial score (nSPS) is 11.3. The molecule has 28 heavy (non-hydrogen) atoms.